The quantitative estimate of drug-likeness (QED) is 0.230. The first kappa shape index (κ1) is 28.4. The molecule has 1 aromatic heterocycles. The summed E-state index contributed by atoms with van der Waals surface area (Å²) in [7, 11) is 0. The van der Waals surface area contributed by atoms with Crippen molar-refractivity contribution < 1.29 is 24.2 Å². The van der Waals surface area contributed by atoms with E-state index in [0.29, 0.717) is 32.4 Å². The molecule has 2 aliphatic heterocycles. The number of carbonyl (C=O) groups is 3. The van der Waals surface area contributed by atoms with Crippen molar-refractivity contribution in [1.29, 1.82) is 0 Å². The molecule has 7 atom stereocenters. The predicted octanol–water partition coefficient (Wildman–Crippen LogP) is 5.44. The third-order valence-corrected chi connectivity index (χ3v) is 12.4. The summed E-state index contributed by atoms with van der Waals surface area (Å²) < 4.78 is 6.43. The maximum absolute atomic E-state index is 13.8. The van der Waals surface area contributed by atoms with Crippen molar-refractivity contribution in [3.63, 3.8) is 0 Å². The number of para-hydroxylation sites is 1. The van der Waals surface area contributed by atoms with Gasteiger partial charge < -0.3 is 14.8 Å². The smallest absolute Gasteiger partial charge is 0.305 e. The number of thiazole rings is 1. The summed E-state index contributed by atoms with van der Waals surface area (Å²) in [4.78, 5) is 56.4. The van der Waals surface area contributed by atoms with Gasteiger partial charge in [0, 0.05) is 34.6 Å². The van der Waals surface area contributed by atoms with Gasteiger partial charge in [0.2, 0.25) is 11.8 Å². The maximum Gasteiger partial charge on any atom is 0.305 e. The molecule has 2 amide bonds. The van der Waals surface area contributed by atoms with Crippen molar-refractivity contribution in [2.75, 3.05) is 6.54 Å². The van der Waals surface area contributed by atoms with E-state index in [1.54, 1.807) is 11.8 Å². The molecule has 10 heteroatoms. The van der Waals surface area contributed by atoms with E-state index in [9.17, 15) is 19.2 Å². The highest BCUT2D eigenvalue weighted by molar-refractivity contribution is 8.00. The zero-order valence-corrected chi connectivity index (χ0v) is 25.5. The number of carbonyl (C=O) groups excluding carboxylic acids is 2. The Morgan fingerprint density at radius 1 is 1.00 bits per heavy atom. The molecule has 0 spiro atoms. The maximum atomic E-state index is 13.8. The van der Waals surface area contributed by atoms with Gasteiger partial charge in [-0.3, -0.25) is 24.1 Å². The molecule has 7 rings (SSSR count). The number of unbranched alkanes of at least 4 members (excludes halogenated alkanes) is 2. The molecule has 2 saturated carbocycles. The number of hydrogen-bond donors (Lipinski definition) is 2. The van der Waals surface area contributed by atoms with Crippen molar-refractivity contribution in [3.8, 4) is 5.75 Å². The number of hydrogen-bond acceptors (Lipinski definition) is 7. The highest BCUT2D eigenvalue weighted by atomic mass is 32.2. The SMILES string of the molecule is Cc1ccc(COc2ccccc2[C@H]2c3sc(=O)[nH]c3SC3C4CC(C5C(=O)N(CCCCCC(=O)O)C(=O)C45)C32)cc1. The Morgan fingerprint density at radius 3 is 2.51 bits per heavy atom. The second-order valence-electron chi connectivity index (χ2n) is 12.3. The van der Waals surface area contributed by atoms with E-state index in [-0.39, 0.29) is 63.9 Å². The molecule has 4 aliphatic rings. The lowest BCUT2D eigenvalue weighted by atomic mass is 9.68. The lowest BCUT2D eigenvalue weighted by molar-refractivity contribution is -0.141. The van der Waals surface area contributed by atoms with E-state index < -0.39 is 5.97 Å². The van der Waals surface area contributed by atoms with E-state index in [2.05, 4.69) is 42.2 Å². The number of nitrogens with zero attached hydrogens (tertiary/aromatic N) is 1. The number of benzene rings is 2. The number of aryl methyl sites for hydroxylation is 1. The van der Waals surface area contributed by atoms with Crippen LogP contribution < -0.4 is 9.61 Å². The van der Waals surface area contributed by atoms with Crippen LogP contribution in [0.25, 0.3) is 0 Å². The summed E-state index contributed by atoms with van der Waals surface area (Å²) in [6.07, 6.45) is 2.76. The van der Waals surface area contributed by atoms with Gasteiger partial charge in [0.25, 0.3) is 0 Å². The average Bonchev–Trinajstić information content (AvgIpc) is 3.72. The highest BCUT2D eigenvalue weighted by Gasteiger charge is 2.69. The van der Waals surface area contributed by atoms with E-state index >= 15 is 0 Å². The number of amides is 2. The second kappa shape index (κ2) is 11.3. The van der Waals surface area contributed by atoms with Gasteiger partial charge in [-0.2, -0.15) is 0 Å². The Kier molecular flexibility index (Phi) is 7.45. The number of fused-ring (bicyclic) bond motifs is 9. The molecule has 2 aromatic carbocycles. The summed E-state index contributed by atoms with van der Waals surface area (Å²) in [6, 6.07) is 16.3. The number of likely N-dealkylation sites (tertiary alicyclic amines) is 1. The molecule has 0 radical (unpaired) electrons. The summed E-state index contributed by atoms with van der Waals surface area (Å²) in [6.45, 7) is 2.84. The number of thioether (sulfide) groups is 1. The van der Waals surface area contributed by atoms with E-state index in [4.69, 9.17) is 9.84 Å². The van der Waals surface area contributed by atoms with Crippen LogP contribution in [0.2, 0.25) is 0 Å². The Labute approximate surface area is 257 Å². The molecule has 224 valence electrons. The van der Waals surface area contributed by atoms with Gasteiger partial charge >= 0.3 is 10.8 Å². The average molecular weight is 619 g/mol. The molecule has 1 saturated heterocycles. The van der Waals surface area contributed by atoms with E-state index in [1.165, 1.54) is 21.8 Å². The Hall–Kier alpha value is -3.37. The fraction of sp³-hybridized carbons (Fsp3) is 0.455. The molecular formula is C33H34N2O6S2. The second-order valence-corrected chi connectivity index (χ2v) is 14.5. The third kappa shape index (κ3) is 4.92. The van der Waals surface area contributed by atoms with Crippen LogP contribution in [0.1, 0.15) is 59.6 Å². The number of aliphatic carboxylic acids is 1. The van der Waals surface area contributed by atoms with Crippen LogP contribution in [-0.2, 0) is 21.0 Å². The minimum absolute atomic E-state index is 0.0430. The molecule has 3 fully saturated rings. The van der Waals surface area contributed by atoms with Crippen LogP contribution in [0.4, 0.5) is 0 Å². The van der Waals surface area contributed by atoms with Gasteiger partial charge in [-0.05, 0) is 55.6 Å². The lowest BCUT2D eigenvalue weighted by Gasteiger charge is -2.43. The zero-order chi connectivity index (χ0) is 29.8. The van der Waals surface area contributed by atoms with Crippen molar-refractivity contribution >= 4 is 40.9 Å². The lowest BCUT2D eigenvalue weighted by Crippen LogP contribution is -2.42. The first-order valence-electron chi connectivity index (χ1n) is 15.1. The molecule has 2 aliphatic carbocycles. The van der Waals surface area contributed by atoms with E-state index in [1.807, 2.05) is 18.2 Å². The largest absolute Gasteiger partial charge is 0.489 e. The Balaban J connectivity index is 1.18. The number of aromatic amines is 1. The topological polar surface area (TPSA) is 117 Å². The van der Waals surface area contributed by atoms with Crippen LogP contribution >= 0.6 is 23.1 Å². The standard InChI is InChI=1S/C33H34N2O6S2/c1-17-10-12-18(13-11-17)16-41-22-8-5-4-7-19(22)24-25-20-15-21(28(25)42-30-29(24)43-33(40)34-30)27-26(20)31(38)35(32(27)39)14-6-2-3-9-23(36)37/h4-5,7-8,10-13,20-21,24-28H,2-3,6,9,14-16H2,1H3,(H,34,40)(H,36,37)/t20?,21?,24-,25?,26?,27?,28?/m1/s1. The van der Waals surface area contributed by atoms with Gasteiger partial charge in [-0.1, -0.05) is 65.8 Å². The first-order chi connectivity index (χ1) is 20.8. The summed E-state index contributed by atoms with van der Waals surface area (Å²) in [5, 5.41) is 9.91. The van der Waals surface area contributed by atoms with Gasteiger partial charge in [0.1, 0.15) is 12.4 Å². The van der Waals surface area contributed by atoms with Crippen LogP contribution in [0, 0.1) is 36.5 Å². The molecule has 43 heavy (non-hydrogen) atoms. The minimum atomic E-state index is -0.828. The van der Waals surface area contributed by atoms with Crippen LogP contribution in [0.5, 0.6) is 5.75 Å². The van der Waals surface area contributed by atoms with Crippen molar-refractivity contribution in [2.45, 2.75) is 61.8 Å². The van der Waals surface area contributed by atoms with Crippen molar-refractivity contribution in [1.82, 2.24) is 9.88 Å². The number of H-pyrrole nitrogens is 1. The van der Waals surface area contributed by atoms with E-state index in [0.717, 1.165) is 33.2 Å². The number of imide groups is 1. The molecule has 6 unspecified atom stereocenters. The van der Waals surface area contributed by atoms with Gasteiger partial charge in [-0.15, -0.1) is 11.8 Å². The highest BCUT2D eigenvalue weighted by Crippen LogP contribution is 2.69. The molecule has 2 N–H and O–H groups in total. The number of ether oxygens (including phenoxy) is 1. The third-order valence-electron chi connectivity index (χ3n) is 9.86. The van der Waals surface area contributed by atoms with Crippen LogP contribution in [-0.4, -0.2) is 44.6 Å². The summed E-state index contributed by atoms with van der Waals surface area (Å²) >= 11 is 2.93. The van der Waals surface area contributed by atoms with Crippen LogP contribution in [0.15, 0.2) is 58.4 Å². The van der Waals surface area contributed by atoms with Gasteiger partial charge in [0.15, 0.2) is 0 Å². The van der Waals surface area contributed by atoms with Crippen molar-refractivity contribution in [2.24, 2.45) is 29.6 Å². The number of nitrogens with one attached hydrogen (secondary N) is 1. The number of carboxylic acids is 1. The summed E-state index contributed by atoms with van der Waals surface area (Å²) in [5.41, 5.74) is 3.29. The first-order valence-corrected chi connectivity index (χ1v) is 16.8. The fourth-order valence-electron chi connectivity index (χ4n) is 8.08. The molecule has 2 bridgehead atoms. The Bertz CT molecular complexity index is 1630. The molecular weight excluding hydrogens is 585 g/mol. The Morgan fingerprint density at radius 2 is 1.74 bits per heavy atom. The predicted molar refractivity (Wildman–Crippen MR) is 163 cm³/mol. The summed E-state index contributed by atoms with van der Waals surface area (Å²) in [5.74, 6) is -0.727. The molecule has 3 heterocycles. The minimum Gasteiger partial charge on any atom is -0.489 e. The monoisotopic (exact) mass is 618 g/mol. The number of carboxylic acid groups (broad SMARTS) is 1. The van der Waals surface area contributed by atoms with Gasteiger partial charge in [-0.25, -0.2) is 0 Å². The van der Waals surface area contributed by atoms with Gasteiger partial charge in [0.05, 0.1) is 16.9 Å². The number of rotatable bonds is 10. The zero-order valence-electron chi connectivity index (χ0n) is 23.9. The molecule has 3 aromatic rings. The molecule has 8 nitrogen and oxygen atoms in total. The van der Waals surface area contributed by atoms with Crippen molar-refractivity contribution in [3.05, 3.63) is 79.8 Å². The normalized spacial score (nSPS) is 28.6. The number of aromatic nitrogens is 1. The fourth-order valence-corrected chi connectivity index (χ4v) is 11.0. The van der Waals surface area contributed by atoms with Crippen LogP contribution in [0.3, 0.4) is 0 Å².